The van der Waals surface area contributed by atoms with E-state index in [9.17, 15) is 0 Å². The lowest BCUT2D eigenvalue weighted by Crippen LogP contribution is -2.36. The zero-order valence-electron chi connectivity index (χ0n) is 11.8. The zero-order chi connectivity index (χ0) is 13.5. The molecule has 0 aliphatic rings. The summed E-state index contributed by atoms with van der Waals surface area (Å²) in [6, 6.07) is 10.9. The number of hydrogen-bond acceptors (Lipinski definition) is 3. The van der Waals surface area contributed by atoms with Crippen molar-refractivity contribution in [3.05, 3.63) is 42.1 Å². The maximum Gasteiger partial charge on any atom is 0.0705 e. The van der Waals surface area contributed by atoms with Crippen LogP contribution in [0.1, 0.15) is 25.8 Å². The van der Waals surface area contributed by atoms with E-state index in [1.807, 2.05) is 12.3 Å². The van der Waals surface area contributed by atoms with Gasteiger partial charge in [0.25, 0.3) is 0 Å². The lowest BCUT2D eigenvalue weighted by Gasteiger charge is -2.15. The van der Waals surface area contributed by atoms with Gasteiger partial charge in [0, 0.05) is 30.7 Å². The third-order valence-corrected chi connectivity index (χ3v) is 3.25. The number of hydrogen-bond donors (Lipinski definition) is 2. The molecule has 1 unspecified atom stereocenters. The predicted molar refractivity (Wildman–Crippen MR) is 81.2 cm³/mol. The lowest BCUT2D eigenvalue weighted by atomic mass is 10.1. The van der Waals surface area contributed by atoms with Crippen LogP contribution in [0.4, 0.5) is 0 Å². The van der Waals surface area contributed by atoms with Gasteiger partial charge in [-0.25, -0.2) is 0 Å². The topological polar surface area (TPSA) is 37.0 Å². The lowest BCUT2D eigenvalue weighted by molar-refractivity contribution is 0.502. The molecule has 1 aromatic carbocycles. The summed E-state index contributed by atoms with van der Waals surface area (Å²) in [4.78, 5) is 4.39. The Morgan fingerprint density at radius 3 is 2.95 bits per heavy atom. The third-order valence-electron chi connectivity index (χ3n) is 3.25. The Kier molecular flexibility index (Phi) is 5.31. The van der Waals surface area contributed by atoms with E-state index in [1.165, 1.54) is 17.4 Å². The van der Waals surface area contributed by atoms with Crippen molar-refractivity contribution in [1.82, 2.24) is 15.6 Å². The molecule has 1 heterocycles. The van der Waals surface area contributed by atoms with Crippen molar-refractivity contribution in [2.24, 2.45) is 0 Å². The number of fused-ring (bicyclic) bond motifs is 1. The summed E-state index contributed by atoms with van der Waals surface area (Å²) in [6.45, 7) is 7.39. The second-order valence-electron chi connectivity index (χ2n) is 4.97. The quantitative estimate of drug-likeness (QED) is 0.749. The Balaban J connectivity index is 1.94. The molecule has 0 amide bonds. The van der Waals surface area contributed by atoms with Crippen molar-refractivity contribution in [2.75, 3.05) is 13.1 Å². The monoisotopic (exact) mass is 257 g/mol. The Morgan fingerprint density at radius 1 is 1.21 bits per heavy atom. The highest BCUT2D eigenvalue weighted by atomic mass is 15.0. The summed E-state index contributed by atoms with van der Waals surface area (Å²) < 4.78 is 0. The van der Waals surface area contributed by atoms with Crippen molar-refractivity contribution in [2.45, 2.75) is 32.9 Å². The molecule has 0 saturated carbocycles. The predicted octanol–water partition coefficient (Wildman–Crippen LogP) is 2.71. The summed E-state index contributed by atoms with van der Waals surface area (Å²) in [5.41, 5.74) is 2.38. The minimum Gasteiger partial charge on any atom is -0.315 e. The Hall–Kier alpha value is -1.45. The molecule has 1 aromatic heterocycles. The standard InChI is InChI=1S/C16H23N3/c1-3-9-17-11-13(2)19-12-14-6-4-8-16-15(14)7-5-10-18-16/h4-8,10,13,17,19H,3,9,11-12H2,1-2H3. The van der Waals surface area contributed by atoms with Crippen LogP contribution in [0.3, 0.4) is 0 Å². The van der Waals surface area contributed by atoms with Crippen molar-refractivity contribution in [3.8, 4) is 0 Å². The average Bonchev–Trinajstić information content (AvgIpc) is 2.45. The van der Waals surface area contributed by atoms with Crippen LogP contribution in [0.15, 0.2) is 36.5 Å². The Morgan fingerprint density at radius 2 is 2.11 bits per heavy atom. The zero-order valence-corrected chi connectivity index (χ0v) is 11.8. The molecule has 0 bridgehead atoms. The van der Waals surface area contributed by atoms with Gasteiger partial charge in [0.05, 0.1) is 5.52 Å². The normalized spacial score (nSPS) is 12.7. The van der Waals surface area contributed by atoms with E-state index >= 15 is 0 Å². The first kappa shape index (κ1) is 14.0. The molecule has 0 fully saturated rings. The first-order chi connectivity index (χ1) is 9.31. The van der Waals surface area contributed by atoms with Gasteiger partial charge in [-0.1, -0.05) is 25.1 Å². The van der Waals surface area contributed by atoms with Crippen LogP contribution in [0.5, 0.6) is 0 Å². The van der Waals surface area contributed by atoms with Gasteiger partial charge >= 0.3 is 0 Å². The molecule has 2 rings (SSSR count). The molecule has 2 aromatic rings. The van der Waals surface area contributed by atoms with Crippen LogP contribution >= 0.6 is 0 Å². The van der Waals surface area contributed by atoms with Gasteiger partial charge in [0.15, 0.2) is 0 Å². The number of benzene rings is 1. The van der Waals surface area contributed by atoms with E-state index in [0.717, 1.165) is 25.2 Å². The number of pyridine rings is 1. The van der Waals surface area contributed by atoms with E-state index in [4.69, 9.17) is 0 Å². The number of nitrogens with one attached hydrogen (secondary N) is 2. The minimum atomic E-state index is 0.471. The molecule has 1 atom stereocenters. The molecular formula is C16H23N3. The van der Waals surface area contributed by atoms with E-state index in [2.05, 4.69) is 53.7 Å². The third kappa shape index (κ3) is 4.01. The van der Waals surface area contributed by atoms with E-state index in [1.54, 1.807) is 0 Å². The summed E-state index contributed by atoms with van der Waals surface area (Å²) in [7, 11) is 0. The maximum atomic E-state index is 4.39. The summed E-state index contributed by atoms with van der Waals surface area (Å²) >= 11 is 0. The Bertz CT molecular complexity index is 505. The highest BCUT2D eigenvalue weighted by Crippen LogP contribution is 2.16. The van der Waals surface area contributed by atoms with Crippen molar-refractivity contribution < 1.29 is 0 Å². The molecule has 2 N–H and O–H groups in total. The van der Waals surface area contributed by atoms with Gasteiger partial charge in [-0.3, -0.25) is 4.98 Å². The fraction of sp³-hybridized carbons (Fsp3) is 0.438. The van der Waals surface area contributed by atoms with Crippen LogP contribution in [-0.2, 0) is 6.54 Å². The maximum absolute atomic E-state index is 4.39. The average molecular weight is 257 g/mol. The molecule has 0 spiro atoms. The SMILES string of the molecule is CCCNCC(C)NCc1cccc2ncccc12. The van der Waals surface area contributed by atoms with Crippen LogP contribution in [0, 0.1) is 0 Å². The van der Waals surface area contributed by atoms with Crippen molar-refractivity contribution >= 4 is 10.9 Å². The number of nitrogens with zero attached hydrogens (tertiary/aromatic N) is 1. The first-order valence-electron chi connectivity index (χ1n) is 7.08. The van der Waals surface area contributed by atoms with Crippen LogP contribution in [-0.4, -0.2) is 24.1 Å². The Labute approximate surface area is 115 Å². The van der Waals surface area contributed by atoms with Crippen molar-refractivity contribution in [1.29, 1.82) is 0 Å². The van der Waals surface area contributed by atoms with Crippen LogP contribution in [0.25, 0.3) is 10.9 Å². The van der Waals surface area contributed by atoms with E-state index < -0.39 is 0 Å². The molecule has 0 aliphatic carbocycles. The fourth-order valence-electron chi connectivity index (χ4n) is 2.17. The van der Waals surface area contributed by atoms with Crippen LogP contribution < -0.4 is 10.6 Å². The van der Waals surface area contributed by atoms with Gasteiger partial charge in [-0.05, 0) is 37.6 Å². The molecule has 0 saturated heterocycles. The summed E-state index contributed by atoms with van der Waals surface area (Å²) in [5.74, 6) is 0. The number of rotatable bonds is 7. The van der Waals surface area contributed by atoms with Gasteiger partial charge < -0.3 is 10.6 Å². The highest BCUT2D eigenvalue weighted by molar-refractivity contribution is 5.81. The van der Waals surface area contributed by atoms with Gasteiger partial charge in [0.1, 0.15) is 0 Å². The molecule has 102 valence electrons. The molecule has 19 heavy (non-hydrogen) atoms. The molecule has 3 nitrogen and oxygen atoms in total. The largest absolute Gasteiger partial charge is 0.315 e. The second-order valence-corrected chi connectivity index (χ2v) is 4.97. The molecule has 3 heteroatoms. The second kappa shape index (κ2) is 7.22. The first-order valence-corrected chi connectivity index (χ1v) is 7.08. The van der Waals surface area contributed by atoms with Gasteiger partial charge in [-0.2, -0.15) is 0 Å². The summed E-state index contributed by atoms with van der Waals surface area (Å²) in [5, 5.41) is 8.23. The highest BCUT2D eigenvalue weighted by Gasteiger charge is 2.04. The smallest absolute Gasteiger partial charge is 0.0705 e. The summed E-state index contributed by atoms with van der Waals surface area (Å²) in [6.07, 6.45) is 3.03. The fourth-order valence-corrected chi connectivity index (χ4v) is 2.17. The van der Waals surface area contributed by atoms with Gasteiger partial charge in [-0.15, -0.1) is 0 Å². The van der Waals surface area contributed by atoms with Crippen LogP contribution in [0.2, 0.25) is 0 Å². The molecule has 0 radical (unpaired) electrons. The number of aromatic nitrogens is 1. The van der Waals surface area contributed by atoms with E-state index in [0.29, 0.717) is 6.04 Å². The van der Waals surface area contributed by atoms with Gasteiger partial charge in [0.2, 0.25) is 0 Å². The van der Waals surface area contributed by atoms with E-state index in [-0.39, 0.29) is 0 Å². The minimum absolute atomic E-state index is 0.471. The molecule has 0 aliphatic heterocycles. The van der Waals surface area contributed by atoms with Crippen molar-refractivity contribution in [3.63, 3.8) is 0 Å². The molecular weight excluding hydrogens is 234 g/mol.